The first-order valence-corrected chi connectivity index (χ1v) is 11.7. The molecule has 0 fully saturated rings. The van der Waals surface area contributed by atoms with Crippen molar-refractivity contribution in [1.82, 2.24) is 24.6 Å². The predicted molar refractivity (Wildman–Crippen MR) is 122 cm³/mol. The Morgan fingerprint density at radius 1 is 1.23 bits per heavy atom. The predicted octanol–water partition coefficient (Wildman–Crippen LogP) is 4.81. The van der Waals surface area contributed by atoms with Gasteiger partial charge in [-0.3, -0.25) is 4.79 Å². The zero-order valence-electron chi connectivity index (χ0n) is 16.6. The molecule has 0 atom stereocenters. The molecule has 0 bridgehead atoms. The maximum absolute atomic E-state index is 12.5. The van der Waals surface area contributed by atoms with E-state index in [9.17, 15) is 4.79 Å². The number of hydrogen-bond acceptors (Lipinski definition) is 7. The third-order valence-electron chi connectivity index (χ3n) is 4.71. The highest BCUT2D eigenvalue weighted by Gasteiger charge is 2.15. The minimum absolute atomic E-state index is 0.0997. The van der Waals surface area contributed by atoms with E-state index in [1.807, 2.05) is 49.7 Å². The lowest BCUT2D eigenvalue weighted by Gasteiger charge is -2.10. The highest BCUT2D eigenvalue weighted by Crippen LogP contribution is 2.30. The van der Waals surface area contributed by atoms with Gasteiger partial charge in [0, 0.05) is 33.8 Å². The molecular formula is C20H19ClN6OS2. The van der Waals surface area contributed by atoms with Gasteiger partial charge in [0.25, 0.3) is 5.78 Å². The number of nitrogens with zero attached hydrogens (tertiary/aromatic N) is 5. The van der Waals surface area contributed by atoms with Gasteiger partial charge in [-0.15, -0.1) is 16.4 Å². The summed E-state index contributed by atoms with van der Waals surface area (Å²) in [6, 6.07) is 7.51. The van der Waals surface area contributed by atoms with Crippen molar-refractivity contribution in [2.24, 2.45) is 0 Å². The number of aryl methyl sites for hydroxylation is 2. The van der Waals surface area contributed by atoms with E-state index >= 15 is 0 Å². The second-order valence-electron chi connectivity index (χ2n) is 6.64. The van der Waals surface area contributed by atoms with Crippen LogP contribution in [0.5, 0.6) is 0 Å². The highest BCUT2D eigenvalue weighted by molar-refractivity contribution is 7.98. The van der Waals surface area contributed by atoms with E-state index in [1.54, 1.807) is 4.52 Å². The fourth-order valence-corrected chi connectivity index (χ4v) is 4.48. The standard InChI is InChI=1S/C20H19ClN6OS2/c1-11-13(12(2)27-18(22-11)25-20(26-27)29-3)8-9-17(28)24-19-23-16(10-30-19)14-6-4-5-7-15(14)21/h4-7,10H,8-9H2,1-3H3,(H,23,24,28). The number of benzene rings is 1. The molecule has 0 spiro atoms. The average Bonchev–Trinajstić information content (AvgIpc) is 3.35. The molecule has 4 rings (SSSR count). The Labute approximate surface area is 186 Å². The normalized spacial score (nSPS) is 11.2. The Morgan fingerprint density at radius 3 is 2.80 bits per heavy atom. The topological polar surface area (TPSA) is 85.1 Å². The van der Waals surface area contributed by atoms with Crippen LogP contribution >= 0.6 is 34.7 Å². The number of hydrogen-bond donors (Lipinski definition) is 1. The van der Waals surface area contributed by atoms with Gasteiger partial charge in [0.1, 0.15) is 0 Å². The molecule has 0 saturated heterocycles. The van der Waals surface area contributed by atoms with Gasteiger partial charge in [0.15, 0.2) is 5.13 Å². The lowest BCUT2D eigenvalue weighted by Crippen LogP contribution is -2.14. The zero-order chi connectivity index (χ0) is 21.3. The van der Waals surface area contributed by atoms with Crippen LogP contribution in [0.1, 0.15) is 23.4 Å². The van der Waals surface area contributed by atoms with E-state index < -0.39 is 0 Å². The van der Waals surface area contributed by atoms with Gasteiger partial charge in [0.2, 0.25) is 11.1 Å². The van der Waals surface area contributed by atoms with E-state index in [2.05, 4.69) is 25.4 Å². The summed E-state index contributed by atoms with van der Waals surface area (Å²) in [5.41, 5.74) is 4.42. The van der Waals surface area contributed by atoms with Crippen LogP contribution < -0.4 is 5.32 Å². The molecule has 1 amide bonds. The molecule has 0 aliphatic carbocycles. The Balaban J connectivity index is 1.45. The van der Waals surface area contributed by atoms with Crippen molar-refractivity contribution in [2.75, 3.05) is 11.6 Å². The fourth-order valence-electron chi connectivity index (χ4n) is 3.18. The number of carbonyl (C=O) groups excluding carboxylic acids is 1. The summed E-state index contributed by atoms with van der Waals surface area (Å²) in [4.78, 5) is 25.9. The summed E-state index contributed by atoms with van der Waals surface area (Å²) in [6.45, 7) is 3.91. The molecule has 154 valence electrons. The van der Waals surface area contributed by atoms with Crippen molar-refractivity contribution in [3.63, 3.8) is 0 Å². The number of halogens is 1. The Morgan fingerprint density at radius 2 is 2.03 bits per heavy atom. The monoisotopic (exact) mass is 458 g/mol. The molecule has 0 radical (unpaired) electrons. The van der Waals surface area contributed by atoms with E-state index in [0.29, 0.717) is 33.9 Å². The van der Waals surface area contributed by atoms with Gasteiger partial charge in [0.05, 0.1) is 5.69 Å². The summed E-state index contributed by atoms with van der Waals surface area (Å²) < 4.78 is 1.74. The third kappa shape index (κ3) is 4.19. The van der Waals surface area contributed by atoms with E-state index in [4.69, 9.17) is 11.6 Å². The number of thiazole rings is 1. The number of thioether (sulfide) groups is 1. The smallest absolute Gasteiger partial charge is 0.253 e. The number of aromatic nitrogens is 5. The zero-order valence-corrected chi connectivity index (χ0v) is 19.0. The van der Waals surface area contributed by atoms with Gasteiger partial charge in [-0.05, 0) is 38.2 Å². The van der Waals surface area contributed by atoms with Crippen LogP contribution in [0.15, 0.2) is 34.8 Å². The van der Waals surface area contributed by atoms with Gasteiger partial charge in [-0.25, -0.2) is 14.5 Å². The van der Waals surface area contributed by atoms with Crippen LogP contribution in [0.3, 0.4) is 0 Å². The van der Waals surface area contributed by atoms with E-state index in [1.165, 1.54) is 23.1 Å². The van der Waals surface area contributed by atoms with Crippen LogP contribution in [0.4, 0.5) is 5.13 Å². The first-order valence-electron chi connectivity index (χ1n) is 9.23. The summed E-state index contributed by atoms with van der Waals surface area (Å²) in [5.74, 6) is 0.481. The van der Waals surface area contributed by atoms with Crippen LogP contribution in [0, 0.1) is 13.8 Å². The Hall–Kier alpha value is -2.49. The number of nitrogens with one attached hydrogen (secondary N) is 1. The molecule has 0 aliphatic rings. The van der Waals surface area contributed by atoms with Gasteiger partial charge < -0.3 is 5.32 Å². The second kappa shape index (κ2) is 8.71. The summed E-state index contributed by atoms with van der Waals surface area (Å²) in [7, 11) is 0. The molecule has 10 heteroatoms. The quantitative estimate of drug-likeness (QED) is 0.417. The molecule has 1 N–H and O–H groups in total. The van der Waals surface area contributed by atoms with Crippen LogP contribution in [0.25, 0.3) is 17.0 Å². The lowest BCUT2D eigenvalue weighted by molar-refractivity contribution is -0.116. The van der Waals surface area contributed by atoms with Gasteiger partial charge in [-0.2, -0.15) is 4.98 Å². The van der Waals surface area contributed by atoms with Crippen molar-refractivity contribution in [2.45, 2.75) is 31.8 Å². The van der Waals surface area contributed by atoms with Crippen molar-refractivity contribution in [1.29, 1.82) is 0 Å². The van der Waals surface area contributed by atoms with Crippen molar-refractivity contribution >= 4 is 51.5 Å². The maximum Gasteiger partial charge on any atom is 0.253 e. The van der Waals surface area contributed by atoms with Crippen molar-refractivity contribution in [3.8, 4) is 11.3 Å². The molecule has 3 aromatic heterocycles. The van der Waals surface area contributed by atoms with E-state index in [0.717, 1.165) is 28.2 Å². The van der Waals surface area contributed by atoms with Crippen LogP contribution in [0.2, 0.25) is 5.02 Å². The Kier molecular flexibility index (Phi) is 6.03. The number of fused-ring (bicyclic) bond motifs is 1. The minimum atomic E-state index is -0.0997. The summed E-state index contributed by atoms with van der Waals surface area (Å²) in [6.07, 6.45) is 2.81. The molecular weight excluding hydrogens is 440 g/mol. The fraction of sp³-hybridized carbons (Fsp3) is 0.250. The number of carbonyl (C=O) groups is 1. The molecule has 4 aromatic rings. The molecule has 0 saturated carbocycles. The first-order chi connectivity index (χ1) is 14.5. The molecule has 1 aromatic carbocycles. The lowest BCUT2D eigenvalue weighted by atomic mass is 10.1. The van der Waals surface area contributed by atoms with Crippen LogP contribution in [-0.4, -0.2) is 36.7 Å². The van der Waals surface area contributed by atoms with Crippen molar-refractivity contribution < 1.29 is 4.79 Å². The average molecular weight is 459 g/mol. The van der Waals surface area contributed by atoms with E-state index in [-0.39, 0.29) is 5.91 Å². The first kappa shape index (κ1) is 20.8. The maximum atomic E-state index is 12.5. The molecule has 30 heavy (non-hydrogen) atoms. The SMILES string of the molecule is CSc1nc2nc(C)c(CCC(=O)Nc3nc(-c4ccccc4Cl)cs3)c(C)n2n1. The summed E-state index contributed by atoms with van der Waals surface area (Å²) in [5, 5.41) is 11.1. The molecule has 0 aliphatic heterocycles. The highest BCUT2D eigenvalue weighted by atomic mass is 35.5. The number of rotatable bonds is 6. The van der Waals surface area contributed by atoms with Gasteiger partial charge in [-0.1, -0.05) is 41.6 Å². The third-order valence-corrected chi connectivity index (χ3v) is 6.34. The molecule has 3 heterocycles. The van der Waals surface area contributed by atoms with Crippen LogP contribution in [-0.2, 0) is 11.2 Å². The largest absolute Gasteiger partial charge is 0.302 e. The van der Waals surface area contributed by atoms with Gasteiger partial charge >= 0.3 is 0 Å². The molecule has 0 unspecified atom stereocenters. The molecule has 7 nitrogen and oxygen atoms in total. The summed E-state index contributed by atoms with van der Waals surface area (Å²) >= 11 is 9.08. The Bertz CT molecular complexity index is 1240. The number of anilines is 1. The number of amides is 1. The minimum Gasteiger partial charge on any atom is -0.302 e. The van der Waals surface area contributed by atoms with Crippen molar-refractivity contribution in [3.05, 3.63) is 51.6 Å². The second-order valence-corrected chi connectivity index (χ2v) is 8.68.